The molecule has 1 N–H and O–H groups in total. The number of halogens is 1. The van der Waals surface area contributed by atoms with Crippen molar-refractivity contribution in [2.75, 3.05) is 14.2 Å². The number of nitrogens with one attached hydrogen (secondary N) is 1. The van der Waals surface area contributed by atoms with Crippen molar-refractivity contribution in [3.05, 3.63) is 28.8 Å². The monoisotopic (exact) mass is 281 g/mol. The molecule has 2 nitrogen and oxygen atoms in total. The highest BCUT2D eigenvalue weighted by Gasteiger charge is 2.67. The smallest absolute Gasteiger partial charge is 0.137 e. The van der Waals surface area contributed by atoms with Crippen LogP contribution in [-0.4, -0.2) is 14.2 Å². The number of ether oxygens (including phenoxy) is 1. The van der Waals surface area contributed by atoms with E-state index in [0.29, 0.717) is 27.8 Å². The maximum absolute atomic E-state index is 6.25. The van der Waals surface area contributed by atoms with Crippen molar-refractivity contribution >= 4 is 11.6 Å². The Bertz CT molecular complexity index is 468. The van der Waals surface area contributed by atoms with Gasteiger partial charge in [-0.25, -0.2) is 0 Å². The van der Waals surface area contributed by atoms with E-state index in [0.717, 1.165) is 5.75 Å². The average molecular weight is 282 g/mol. The van der Waals surface area contributed by atoms with Crippen LogP contribution in [0, 0.1) is 16.7 Å². The van der Waals surface area contributed by atoms with E-state index < -0.39 is 0 Å². The summed E-state index contributed by atoms with van der Waals surface area (Å²) >= 11 is 6.25. The molecule has 19 heavy (non-hydrogen) atoms. The molecule has 1 aromatic rings. The molecule has 0 spiro atoms. The van der Waals surface area contributed by atoms with E-state index in [-0.39, 0.29) is 0 Å². The Balaban J connectivity index is 2.32. The molecule has 1 aliphatic carbocycles. The summed E-state index contributed by atoms with van der Waals surface area (Å²) in [6.45, 7) is 9.36. The number of hydrogen-bond donors (Lipinski definition) is 1. The largest absolute Gasteiger partial charge is 0.495 e. The van der Waals surface area contributed by atoms with Crippen LogP contribution in [0.3, 0.4) is 0 Å². The van der Waals surface area contributed by atoms with Crippen LogP contribution in [-0.2, 0) is 0 Å². The molecule has 0 bridgehead atoms. The Labute approximate surface area is 121 Å². The van der Waals surface area contributed by atoms with Crippen LogP contribution in [0.25, 0.3) is 0 Å². The first kappa shape index (κ1) is 14.7. The highest BCUT2D eigenvalue weighted by molar-refractivity contribution is 6.32. The Kier molecular flexibility index (Phi) is 3.61. The number of hydrogen-bond acceptors (Lipinski definition) is 2. The minimum absolute atomic E-state index is 0.327. The number of rotatable bonds is 4. The van der Waals surface area contributed by atoms with Gasteiger partial charge in [-0.3, -0.25) is 0 Å². The van der Waals surface area contributed by atoms with E-state index in [2.05, 4.69) is 39.1 Å². The summed E-state index contributed by atoms with van der Waals surface area (Å²) in [6.07, 6.45) is 0. The Morgan fingerprint density at radius 3 is 2.16 bits per heavy atom. The number of methoxy groups -OCH3 is 1. The van der Waals surface area contributed by atoms with Crippen LogP contribution < -0.4 is 10.1 Å². The first-order chi connectivity index (χ1) is 8.77. The standard InChI is InChI=1S/C16H24ClNO/c1-15(2)14(16(15,3)4)13(18-5)10-7-8-12(19-6)11(17)9-10/h7-9,13-14,18H,1-6H3. The van der Waals surface area contributed by atoms with Gasteiger partial charge in [0.05, 0.1) is 12.1 Å². The molecule has 1 saturated carbocycles. The van der Waals surface area contributed by atoms with E-state index in [9.17, 15) is 0 Å². The van der Waals surface area contributed by atoms with Crippen molar-refractivity contribution in [3.8, 4) is 5.75 Å². The zero-order chi connectivity index (χ0) is 14.4. The lowest BCUT2D eigenvalue weighted by molar-refractivity contribution is 0.412. The average Bonchev–Trinajstić information content (AvgIpc) is 2.73. The Morgan fingerprint density at radius 2 is 1.79 bits per heavy atom. The summed E-state index contributed by atoms with van der Waals surface area (Å²) in [5, 5.41) is 4.13. The molecule has 1 atom stereocenters. The molecule has 0 saturated heterocycles. The highest BCUT2D eigenvalue weighted by Crippen LogP contribution is 2.72. The minimum Gasteiger partial charge on any atom is -0.495 e. The van der Waals surface area contributed by atoms with Crippen LogP contribution in [0.5, 0.6) is 5.75 Å². The van der Waals surface area contributed by atoms with Gasteiger partial charge in [-0.15, -0.1) is 0 Å². The van der Waals surface area contributed by atoms with Crippen LogP contribution in [0.1, 0.15) is 39.3 Å². The summed E-state index contributed by atoms with van der Waals surface area (Å²) in [4.78, 5) is 0. The summed E-state index contributed by atoms with van der Waals surface area (Å²) < 4.78 is 5.22. The van der Waals surface area contributed by atoms with Gasteiger partial charge in [0, 0.05) is 6.04 Å². The maximum Gasteiger partial charge on any atom is 0.137 e. The third-order valence-electron chi connectivity index (χ3n) is 5.31. The summed E-state index contributed by atoms with van der Waals surface area (Å²) in [5.74, 6) is 1.34. The molecule has 1 aliphatic rings. The fraction of sp³-hybridized carbons (Fsp3) is 0.625. The SMILES string of the molecule is CNC(c1ccc(OC)c(Cl)c1)C1C(C)(C)C1(C)C. The van der Waals surface area contributed by atoms with E-state index >= 15 is 0 Å². The summed E-state index contributed by atoms with van der Waals surface area (Å²) in [7, 11) is 3.66. The van der Waals surface area contributed by atoms with Gasteiger partial charge in [-0.1, -0.05) is 45.4 Å². The van der Waals surface area contributed by atoms with Gasteiger partial charge in [0.2, 0.25) is 0 Å². The zero-order valence-corrected chi connectivity index (χ0v) is 13.4. The predicted octanol–water partition coefficient (Wildman–Crippen LogP) is 4.29. The van der Waals surface area contributed by atoms with Crippen LogP contribution in [0.4, 0.5) is 0 Å². The molecule has 1 fully saturated rings. The van der Waals surface area contributed by atoms with Crippen molar-refractivity contribution in [2.45, 2.75) is 33.7 Å². The van der Waals surface area contributed by atoms with Gasteiger partial charge in [-0.05, 0) is 41.5 Å². The molecule has 3 heteroatoms. The van der Waals surface area contributed by atoms with Crippen molar-refractivity contribution in [3.63, 3.8) is 0 Å². The molecule has 106 valence electrons. The van der Waals surface area contributed by atoms with Crippen LogP contribution in [0.15, 0.2) is 18.2 Å². The lowest BCUT2D eigenvalue weighted by Crippen LogP contribution is -2.21. The molecule has 0 heterocycles. The van der Waals surface area contributed by atoms with Crippen LogP contribution in [0.2, 0.25) is 5.02 Å². The fourth-order valence-electron chi connectivity index (χ4n) is 3.48. The van der Waals surface area contributed by atoms with E-state index in [1.165, 1.54) is 5.56 Å². The van der Waals surface area contributed by atoms with Crippen molar-refractivity contribution in [1.82, 2.24) is 5.32 Å². The second-order valence-electron chi connectivity index (χ2n) is 6.58. The highest BCUT2D eigenvalue weighted by atomic mass is 35.5. The van der Waals surface area contributed by atoms with Gasteiger partial charge < -0.3 is 10.1 Å². The fourth-order valence-corrected chi connectivity index (χ4v) is 3.75. The van der Waals surface area contributed by atoms with Gasteiger partial charge >= 0.3 is 0 Å². The van der Waals surface area contributed by atoms with Crippen LogP contribution >= 0.6 is 11.6 Å². The van der Waals surface area contributed by atoms with Crippen molar-refractivity contribution < 1.29 is 4.74 Å². The first-order valence-electron chi connectivity index (χ1n) is 6.78. The normalized spacial score (nSPS) is 22.1. The summed E-state index contributed by atoms with van der Waals surface area (Å²) in [6, 6.07) is 6.40. The third kappa shape index (κ3) is 2.15. The van der Waals surface area contributed by atoms with Gasteiger partial charge in [0.15, 0.2) is 0 Å². The van der Waals surface area contributed by atoms with E-state index in [1.807, 2.05) is 19.2 Å². The van der Waals surface area contributed by atoms with Gasteiger partial charge in [-0.2, -0.15) is 0 Å². The number of benzene rings is 1. The minimum atomic E-state index is 0.327. The molecule has 0 radical (unpaired) electrons. The lowest BCUT2D eigenvalue weighted by Gasteiger charge is -2.20. The predicted molar refractivity (Wildman–Crippen MR) is 80.9 cm³/mol. The molecular weight excluding hydrogens is 258 g/mol. The topological polar surface area (TPSA) is 21.3 Å². The molecule has 1 unspecified atom stereocenters. The van der Waals surface area contributed by atoms with E-state index in [4.69, 9.17) is 16.3 Å². The lowest BCUT2D eigenvalue weighted by atomic mass is 9.96. The molecule has 1 aromatic carbocycles. The van der Waals surface area contributed by atoms with E-state index in [1.54, 1.807) is 7.11 Å². The molecular formula is C16H24ClNO. The molecule has 0 aliphatic heterocycles. The molecule has 0 aromatic heterocycles. The Morgan fingerprint density at radius 1 is 1.21 bits per heavy atom. The summed E-state index contributed by atoms with van der Waals surface area (Å²) in [5.41, 5.74) is 1.91. The zero-order valence-electron chi connectivity index (χ0n) is 12.7. The van der Waals surface area contributed by atoms with Crippen molar-refractivity contribution in [2.24, 2.45) is 16.7 Å². The van der Waals surface area contributed by atoms with Crippen molar-refractivity contribution in [1.29, 1.82) is 0 Å². The van der Waals surface area contributed by atoms with Gasteiger partial charge in [0.1, 0.15) is 5.75 Å². The molecule has 2 rings (SSSR count). The quantitative estimate of drug-likeness (QED) is 0.889. The second-order valence-corrected chi connectivity index (χ2v) is 6.99. The maximum atomic E-state index is 6.25. The molecule has 0 amide bonds. The first-order valence-corrected chi connectivity index (χ1v) is 7.16. The Hall–Kier alpha value is -0.730. The third-order valence-corrected chi connectivity index (χ3v) is 5.61. The van der Waals surface area contributed by atoms with Gasteiger partial charge in [0.25, 0.3) is 0 Å². The second kappa shape index (κ2) is 4.68.